The smallest absolute Gasteiger partial charge is 0.251 e. The van der Waals surface area contributed by atoms with Gasteiger partial charge in [0.15, 0.2) is 0 Å². The van der Waals surface area contributed by atoms with Crippen molar-refractivity contribution in [2.45, 2.75) is 38.2 Å². The van der Waals surface area contributed by atoms with E-state index in [1.807, 2.05) is 35.2 Å². The Hall–Kier alpha value is -1.55. The van der Waals surface area contributed by atoms with E-state index in [2.05, 4.69) is 0 Å². The molecule has 0 saturated carbocycles. The number of carbonyl (C=O) groups is 1. The summed E-state index contributed by atoms with van der Waals surface area (Å²) in [6.45, 7) is 3.24. The molecule has 1 atom stereocenters. The van der Waals surface area contributed by atoms with Crippen molar-refractivity contribution in [3.8, 4) is 5.75 Å². The molecule has 0 N–H and O–H groups in total. The fourth-order valence-electron chi connectivity index (χ4n) is 3.28. The van der Waals surface area contributed by atoms with Crippen LogP contribution in [0.5, 0.6) is 5.75 Å². The lowest BCUT2D eigenvalue weighted by molar-refractivity contribution is -0.142. The molecule has 2 saturated heterocycles. The lowest BCUT2D eigenvalue weighted by Gasteiger charge is -2.33. The number of nitrogens with zero attached hydrogens (tertiary/aromatic N) is 1. The topological polar surface area (TPSA) is 38.8 Å². The molecule has 1 aromatic rings. The summed E-state index contributed by atoms with van der Waals surface area (Å²) in [5.41, 5.74) is 0. The van der Waals surface area contributed by atoms with Crippen LogP contribution in [0.3, 0.4) is 0 Å². The largest absolute Gasteiger partial charge is 0.494 e. The van der Waals surface area contributed by atoms with Crippen molar-refractivity contribution < 1.29 is 14.3 Å². The van der Waals surface area contributed by atoms with Crippen LogP contribution in [0, 0.1) is 5.92 Å². The van der Waals surface area contributed by atoms with Crippen LogP contribution in [0.15, 0.2) is 30.3 Å². The Bertz CT molecular complexity index is 462. The molecule has 2 heterocycles. The lowest BCUT2D eigenvalue weighted by Crippen LogP contribution is -2.43. The minimum absolute atomic E-state index is 0.169. The standard InChI is InChI=1S/C18H25NO3/c20-18(17-7-4-13-22-17)19-11-8-15(9-12-19)10-14-21-16-5-2-1-3-6-16/h1-3,5-6,15,17H,4,7-14H2. The van der Waals surface area contributed by atoms with Gasteiger partial charge in [0.25, 0.3) is 5.91 Å². The number of carbonyl (C=O) groups excluding carboxylic acids is 1. The maximum atomic E-state index is 12.3. The van der Waals surface area contributed by atoms with Gasteiger partial charge in [-0.05, 0) is 50.2 Å². The van der Waals surface area contributed by atoms with Crippen LogP contribution in [0.2, 0.25) is 0 Å². The molecular formula is C18H25NO3. The molecule has 1 amide bonds. The summed E-state index contributed by atoms with van der Waals surface area (Å²) < 4.78 is 11.3. The summed E-state index contributed by atoms with van der Waals surface area (Å²) in [5, 5.41) is 0. The first-order chi connectivity index (χ1) is 10.8. The average molecular weight is 303 g/mol. The van der Waals surface area contributed by atoms with E-state index in [0.717, 1.165) is 64.2 Å². The van der Waals surface area contributed by atoms with E-state index in [4.69, 9.17) is 9.47 Å². The summed E-state index contributed by atoms with van der Waals surface area (Å²) in [7, 11) is 0. The molecular weight excluding hydrogens is 278 g/mol. The van der Waals surface area contributed by atoms with E-state index < -0.39 is 0 Å². The van der Waals surface area contributed by atoms with Gasteiger partial charge < -0.3 is 14.4 Å². The molecule has 0 bridgehead atoms. The van der Waals surface area contributed by atoms with Gasteiger partial charge in [0, 0.05) is 19.7 Å². The van der Waals surface area contributed by atoms with Gasteiger partial charge in [0.2, 0.25) is 0 Å². The number of hydrogen-bond acceptors (Lipinski definition) is 3. The second-order valence-corrected chi connectivity index (χ2v) is 6.22. The van der Waals surface area contributed by atoms with Crippen LogP contribution < -0.4 is 4.74 Å². The summed E-state index contributed by atoms with van der Waals surface area (Å²) in [6, 6.07) is 9.95. The normalized spacial score (nSPS) is 22.7. The lowest BCUT2D eigenvalue weighted by atomic mass is 9.93. The SMILES string of the molecule is O=C(C1CCCO1)N1CCC(CCOc2ccccc2)CC1. The van der Waals surface area contributed by atoms with E-state index in [1.165, 1.54) is 0 Å². The maximum Gasteiger partial charge on any atom is 0.251 e. The zero-order valence-electron chi connectivity index (χ0n) is 13.1. The van der Waals surface area contributed by atoms with E-state index in [9.17, 15) is 4.79 Å². The van der Waals surface area contributed by atoms with Gasteiger partial charge in [-0.3, -0.25) is 4.79 Å². The zero-order valence-corrected chi connectivity index (χ0v) is 13.1. The van der Waals surface area contributed by atoms with Crippen molar-refractivity contribution in [2.24, 2.45) is 5.92 Å². The molecule has 3 rings (SSSR count). The summed E-state index contributed by atoms with van der Waals surface area (Å²) >= 11 is 0. The quantitative estimate of drug-likeness (QED) is 0.839. The van der Waals surface area contributed by atoms with Crippen LogP contribution in [-0.2, 0) is 9.53 Å². The first-order valence-corrected chi connectivity index (χ1v) is 8.41. The number of rotatable bonds is 5. The summed E-state index contributed by atoms with van der Waals surface area (Å²) in [6.07, 6.45) is 4.97. The molecule has 0 radical (unpaired) electrons. The van der Waals surface area contributed by atoms with Crippen molar-refractivity contribution in [3.63, 3.8) is 0 Å². The van der Waals surface area contributed by atoms with E-state index in [0.29, 0.717) is 5.92 Å². The van der Waals surface area contributed by atoms with E-state index >= 15 is 0 Å². The predicted octanol–water partition coefficient (Wildman–Crippen LogP) is 2.87. The molecule has 0 aromatic heterocycles. The summed E-state index contributed by atoms with van der Waals surface area (Å²) in [4.78, 5) is 14.3. The second-order valence-electron chi connectivity index (χ2n) is 6.22. The number of para-hydroxylation sites is 1. The maximum absolute atomic E-state index is 12.3. The molecule has 2 aliphatic heterocycles. The van der Waals surface area contributed by atoms with Crippen molar-refractivity contribution in [1.29, 1.82) is 0 Å². The number of likely N-dealkylation sites (tertiary alicyclic amines) is 1. The van der Waals surface area contributed by atoms with Crippen LogP contribution in [0.25, 0.3) is 0 Å². The molecule has 1 unspecified atom stereocenters. The summed E-state index contributed by atoms with van der Waals surface area (Å²) in [5.74, 6) is 1.81. The Labute approximate surface area is 132 Å². The zero-order chi connectivity index (χ0) is 15.2. The van der Waals surface area contributed by atoms with Crippen LogP contribution >= 0.6 is 0 Å². The molecule has 2 aliphatic rings. The van der Waals surface area contributed by atoms with Crippen LogP contribution in [0.1, 0.15) is 32.1 Å². The van der Waals surface area contributed by atoms with Gasteiger partial charge in [-0.15, -0.1) is 0 Å². The Kier molecular flexibility index (Phi) is 5.33. The number of benzene rings is 1. The Morgan fingerprint density at radius 3 is 2.64 bits per heavy atom. The van der Waals surface area contributed by atoms with Gasteiger partial charge in [0.05, 0.1) is 6.61 Å². The van der Waals surface area contributed by atoms with Gasteiger partial charge in [0.1, 0.15) is 11.9 Å². The highest BCUT2D eigenvalue weighted by Crippen LogP contribution is 2.23. The molecule has 4 nitrogen and oxygen atoms in total. The number of amides is 1. The highest BCUT2D eigenvalue weighted by molar-refractivity contribution is 5.81. The molecule has 2 fully saturated rings. The molecule has 1 aromatic carbocycles. The van der Waals surface area contributed by atoms with Crippen molar-refractivity contribution >= 4 is 5.91 Å². The fraction of sp³-hybridized carbons (Fsp3) is 0.611. The van der Waals surface area contributed by atoms with Crippen molar-refractivity contribution in [3.05, 3.63) is 30.3 Å². The highest BCUT2D eigenvalue weighted by atomic mass is 16.5. The second kappa shape index (κ2) is 7.63. The third-order valence-electron chi connectivity index (χ3n) is 4.67. The first-order valence-electron chi connectivity index (χ1n) is 8.41. The fourth-order valence-corrected chi connectivity index (χ4v) is 3.28. The van der Waals surface area contributed by atoms with Gasteiger partial charge in [-0.25, -0.2) is 0 Å². The molecule has 0 aliphatic carbocycles. The van der Waals surface area contributed by atoms with Gasteiger partial charge in [-0.1, -0.05) is 18.2 Å². The number of ether oxygens (including phenoxy) is 2. The van der Waals surface area contributed by atoms with Crippen molar-refractivity contribution in [2.75, 3.05) is 26.3 Å². The number of hydrogen-bond donors (Lipinski definition) is 0. The van der Waals surface area contributed by atoms with Crippen LogP contribution in [-0.4, -0.2) is 43.2 Å². The molecule has 22 heavy (non-hydrogen) atoms. The van der Waals surface area contributed by atoms with E-state index in [1.54, 1.807) is 0 Å². The third-order valence-corrected chi connectivity index (χ3v) is 4.67. The first kappa shape index (κ1) is 15.3. The Morgan fingerprint density at radius 1 is 1.18 bits per heavy atom. The van der Waals surface area contributed by atoms with Crippen molar-refractivity contribution in [1.82, 2.24) is 4.90 Å². The third kappa shape index (κ3) is 4.01. The van der Waals surface area contributed by atoms with Gasteiger partial charge in [-0.2, -0.15) is 0 Å². The predicted molar refractivity (Wildman–Crippen MR) is 84.8 cm³/mol. The Morgan fingerprint density at radius 2 is 1.95 bits per heavy atom. The minimum Gasteiger partial charge on any atom is -0.494 e. The van der Waals surface area contributed by atoms with Crippen LogP contribution in [0.4, 0.5) is 0 Å². The Balaban J connectivity index is 1.36. The highest BCUT2D eigenvalue weighted by Gasteiger charge is 2.30. The number of piperidine rings is 1. The molecule has 120 valence electrons. The van der Waals surface area contributed by atoms with Gasteiger partial charge >= 0.3 is 0 Å². The van der Waals surface area contributed by atoms with E-state index in [-0.39, 0.29) is 12.0 Å². The minimum atomic E-state index is -0.169. The molecule has 0 spiro atoms. The molecule has 4 heteroatoms. The average Bonchev–Trinajstić information content (AvgIpc) is 3.10. The monoisotopic (exact) mass is 303 g/mol.